The van der Waals surface area contributed by atoms with Crippen LogP contribution < -0.4 is 4.74 Å². The molecule has 0 amide bonds. The number of Topliss-reactive ketones (excluding diaryl/α,β-unsaturated/α-hetero) is 1. The zero-order chi connectivity index (χ0) is 31.7. The lowest BCUT2D eigenvalue weighted by atomic mass is 9.76. The Hall–Kier alpha value is -3.10. The Morgan fingerprint density at radius 3 is 2.52 bits per heavy atom. The average Bonchev–Trinajstić information content (AvgIpc) is 3.03. The van der Waals surface area contributed by atoms with Gasteiger partial charge in [-0.15, -0.1) is 0 Å². The van der Waals surface area contributed by atoms with Gasteiger partial charge in [0, 0.05) is 55.3 Å². The number of hydrogen-bond acceptors (Lipinski definition) is 12. The number of nitrogens with zero attached hydrogens (tertiary/aromatic N) is 1. The van der Waals surface area contributed by atoms with Gasteiger partial charge in [0.1, 0.15) is 23.9 Å². The van der Waals surface area contributed by atoms with Crippen LogP contribution in [0.1, 0.15) is 57.1 Å². The van der Waals surface area contributed by atoms with E-state index in [1.807, 2.05) is 0 Å². The van der Waals surface area contributed by atoms with Crippen molar-refractivity contribution in [2.45, 2.75) is 63.9 Å². The number of phenolic OH excluding ortho intramolecular Hbond substituents is 2. The number of phenols is 2. The summed E-state index contributed by atoms with van der Waals surface area (Å²) in [4.78, 5) is 28.8. The van der Waals surface area contributed by atoms with Gasteiger partial charge in [0.05, 0.1) is 43.7 Å². The van der Waals surface area contributed by atoms with Gasteiger partial charge in [0.15, 0.2) is 18.4 Å². The first kappa shape index (κ1) is 32.3. The standard InChI is InChI=1S/C32H41NO11/c1-16-6-5-7-23(40-3)27(16)31(38)28-17(2)30(37)19-10-18(21(35)14-34)11-24(29(19)32(28)39)44-25-12-20(22(36)15-43-25)33-8-9-42-26(13-33)41-4/h5-7,18,20,22,24-26,34,36-37,39H,8-15H2,1-4H3/t18?,20-,22+,24-,25?,26?/m0/s1. The van der Waals surface area contributed by atoms with Gasteiger partial charge < -0.3 is 44.1 Å². The lowest BCUT2D eigenvalue weighted by Crippen LogP contribution is -2.57. The Kier molecular flexibility index (Phi) is 9.90. The Labute approximate surface area is 256 Å². The number of ether oxygens (including phenoxy) is 5. The van der Waals surface area contributed by atoms with Gasteiger partial charge in [-0.2, -0.15) is 0 Å². The molecule has 2 saturated heterocycles. The van der Waals surface area contributed by atoms with Crippen molar-refractivity contribution in [1.82, 2.24) is 4.90 Å². The van der Waals surface area contributed by atoms with E-state index in [0.29, 0.717) is 31.0 Å². The first-order valence-electron chi connectivity index (χ1n) is 14.8. The van der Waals surface area contributed by atoms with E-state index in [9.17, 15) is 30.0 Å². The maximum atomic E-state index is 14.0. The summed E-state index contributed by atoms with van der Waals surface area (Å²) >= 11 is 0. The second kappa shape index (κ2) is 13.5. The minimum absolute atomic E-state index is 0.00907. The lowest BCUT2D eigenvalue weighted by molar-refractivity contribution is -0.241. The summed E-state index contributed by atoms with van der Waals surface area (Å²) in [5, 5.41) is 43.6. The van der Waals surface area contributed by atoms with Crippen LogP contribution in [0, 0.1) is 19.8 Å². The van der Waals surface area contributed by atoms with Crippen LogP contribution in [0.25, 0.3) is 0 Å². The Morgan fingerprint density at radius 2 is 1.82 bits per heavy atom. The lowest BCUT2D eigenvalue weighted by Gasteiger charge is -2.44. The molecule has 0 aromatic heterocycles. The van der Waals surface area contributed by atoms with Crippen molar-refractivity contribution in [3.63, 3.8) is 0 Å². The number of hydrogen-bond donors (Lipinski definition) is 4. The molecule has 44 heavy (non-hydrogen) atoms. The molecule has 0 radical (unpaired) electrons. The van der Waals surface area contributed by atoms with Crippen LogP contribution in [-0.4, -0.2) is 109 Å². The topological polar surface area (TPSA) is 164 Å². The molecule has 0 spiro atoms. The first-order valence-corrected chi connectivity index (χ1v) is 14.8. The van der Waals surface area contributed by atoms with Crippen molar-refractivity contribution in [1.29, 1.82) is 0 Å². The van der Waals surface area contributed by atoms with Crippen LogP contribution in [-0.2, 0) is 30.2 Å². The number of rotatable bonds is 9. The highest BCUT2D eigenvalue weighted by Crippen LogP contribution is 2.49. The zero-order valence-electron chi connectivity index (χ0n) is 25.4. The van der Waals surface area contributed by atoms with Gasteiger partial charge in [-0.1, -0.05) is 12.1 Å². The molecular formula is C32H41NO11. The van der Waals surface area contributed by atoms with Crippen LogP contribution in [0.15, 0.2) is 18.2 Å². The van der Waals surface area contributed by atoms with Crippen LogP contribution >= 0.6 is 0 Å². The summed E-state index contributed by atoms with van der Waals surface area (Å²) in [6.45, 7) is 4.06. The maximum absolute atomic E-state index is 14.0. The predicted octanol–water partition coefficient (Wildman–Crippen LogP) is 1.92. The molecule has 4 N–H and O–H groups in total. The SMILES string of the molecule is COc1cccc(C)c1C(=O)c1c(C)c(O)c2c(c1O)[C@@H](OC1C[C@H](N3CCOC(OC)C3)[C@H](O)CO1)CC(C(=O)CO)C2. The monoisotopic (exact) mass is 615 g/mol. The number of aromatic hydroxyl groups is 2. The molecule has 0 saturated carbocycles. The van der Waals surface area contributed by atoms with Crippen LogP contribution in [0.4, 0.5) is 0 Å². The Balaban J connectivity index is 1.52. The maximum Gasteiger partial charge on any atom is 0.201 e. The number of methoxy groups -OCH3 is 2. The number of carbonyl (C=O) groups is 2. The summed E-state index contributed by atoms with van der Waals surface area (Å²) in [5.74, 6) is -1.92. The number of aryl methyl sites for hydroxylation is 1. The molecule has 3 aliphatic rings. The summed E-state index contributed by atoms with van der Waals surface area (Å²) in [6, 6.07) is 4.83. The number of benzene rings is 2. The molecule has 12 nitrogen and oxygen atoms in total. The van der Waals surface area contributed by atoms with Gasteiger partial charge in [-0.05, 0) is 38.3 Å². The van der Waals surface area contributed by atoms with E-state index in [0.717, 1.165) is 0 Å². The van der Waals surface area contributed by atoms with Crippen molar-refractivity contribution in [3.05, 3.63) is 51.6 Å². The Morgan fingerprint density at radius 1 is 1.05 bits per heavy atom. The fourth-order valence-electron chi connectivity index (χ4n) is 6.68. The van der Waals surface area contributed by atoms with Crippen molar-refractivity contribution in [2.24, 2.45) is 5.92 Å². The van der Waals surface area contributed by atoms with Crippen LogP contribution in [0.3, 0.4) is 0 Å². The van der Waals surface area contributed by atoms with E-state index in [4.69, 9.17) is 23.7 Å². The minimum atomic E-state index is -0.964. The Bertz CT molecular complexity index is 1390. The van der Waals surface area contributed by atoms with Crippen LogP contribution in [0.5, 0.6) is 17.2 Å². The van der Waals surface area contributed by atoms with Gasteiger partial charge in [0.2, 0.25) is 5.78 Å². The third-order valence-corrected chi connectivity index (χ3v) is 9.07. The van der Waals surface area contributed by atoms with E-state index in [1.54, 1.807) is 32.2 Å². The number of carbonyl (C=O) groups excluding carboxylic acids is 2. The fourth-order valence-corrected chi connectivity index (χ4v) is 6.68. The van der Waals surface area contributed by atoms with E-state index < -0.39 is 48.9 Å². The largest absolute Gasteiger partial charge is 0.507 e. The van der Waals surface area contributed by atoms with Gasteiger partial charge in [-0.25, -0.2) is 0 Å². The average molecular weight is 616 g/mol. The van der Waals surface area contributed by atoms with Gasteiger partial charge in [0.25, 0.3) is 0 Å². The number of aliphatic hydroxyl groups is 2. The molecule has 240 valence electrons. The third-order valence-electron chi connectivity index (χ3n) is 9.07. The zero-order valence-corrected chi connectivity index (χ0v) is 25.4. The second-order valence-electron chi connectivity index (χ2n) is 11.6. The minimum Gasteiger partial charge on any atom is -0.507 e. The summed E-state index contributed by atoms with van der Waals surface area (Å²) < 4.78 is 28.7. The summed E-state index contributed by atoms with van der Waals surface area (Å²) in [5.41, 5.74) is 1.42. The van der Waals surface area contributed by atoms with Gasteiger partial charge in [-0.3, -0.25) is 14.5 Å². The molecule has 12 heteroatoms. The molecule has 2 heterocycles. The molecule has 5 rings (SSSR count). The summed E-state index contributed by atoms with van der Waals surface area (Å²) in [6.07, 6.45) is -2.62. The van der Waals surface area contributed by atoms with E-state index in [-0.39, 0.29) is 71.2 Å². The van der Waals surface area contributed by atoms with Crippen molar-refractivity contribution in [2.75, 3.05) is 47.1 Å². The fraction of sp³-hybridized carbons (Fsp3) is 0.562. The second-order valence-corrected chi connectivity index (χ2v) is 11.6. The van der Waals surface area contributed by atoms with Crippen LogP contribution in [0.2, 0.25) is 0 Å². The quantitative estimate of drug-likeness (QED) is 0.240. The van der Waals surface area contributed by atoms with Crippen molar-refractivity contribution < 1.29 is 53.7 Å². The molecule has 3 unspecified atom stereocenters. The molecular weight excluding hydrogens is 574 g/mol. The van der Waals surface area contributed by atoms with E-state index in [2.05, 4.69) is 4.90 Å². The smallest absolute Gasteiger partial charge is 0.201 e. The molecule has 2 aromatic rings. The normalized spacial score (nSPS) is 27.5. The van der Waals surface area contributed by atoms with E-state index >= 15 is 0 Å². The summed E-state index contributed by atoms with van der Waals surface area (Å²) in [7, 11) is 3.01. The highest BCUT2D eigenvalue weighted by atomic mass is 16.7. The molecule has 1 aliphatic carbocycles. The van der Waals surface area contributed by atoms with Crippen molar-refractivity contribution in [3.8, 4) is 17.2 Å². The predicted molar refractivity (Wildman–Crippen MR) is 156 cm³/mol. The molecule has 6 atom stereocenters. The third kappa shape index (κ3) is 6.08. The molecule has 2 aromatic carbocycles. The number of morpholine rings is 1. The number of ketones is 2. The number of fused-ring (bicyclic) bond motifs is 1. The van der Waals surface area contributed by atoms with E-state index in [1.165, 1.54) is 14.0 Å². The molecule has 2 fully saturated rings. The van der Waals surface area contributed by atoms with Gasteiger partial charge >= 0.3 is 0 Å². The molecule has 0 bridgehead atoms. The molecule has 2 aliphatic heterocycles. The highest BCUT2D eigenvalue weighted by Gasteiger charge is 2.42. The first-order chi connectivity index (χ1) is 21.1. The number of aliphatic hydroxyl groups excluding tert-OH is 2. The highest BCUT2D eigenvalue weighted by molar-refractivity contribution is 6.14. The van der Waals surface area contributed by atoms with Crippen molar-refractivity contribution >= 4 is 11.6 Å².